The molecule has 0 spiro atoms. The normalized spacial score (nSPS) is 22.6. The van der Waals surface area contributed by atoms with E-state index in [9.17, 15) is 13.2 Å². The summed E-state index contributed by atoms with van der Waals surface area (Å²) in [6, 6.07) is 7.32. The second-order valence-electron chi connectivity index (χ2n) is 5.91. The predicted molar refractivity (Wildman–Crippen MR) is 84.4 cm³/mol. The Morgan fingerprint density at radius 1 is 1.32 bits per heavy atom. The number of para-hydroxylation sites is 1. The zero-order chi connectivity index (χ0) is 15.7. The standard InChI is InChI=1S/C15H19N3O3S/c1-22(20,21)11-6-4-5-10(9-11)16-15(19)14-12-7-2-3-8-13(12)17-18-14/h2-3,7-8,10-11H,4-6,9H2,1H3,(H,16,19)(H,17,18)/t10-,11+/m0/s1. The van der Waals surface area contributed by atoms with Gasteiger partial charge in [0.25, 0.3) is 5.91 Å². The number of amides is 1. The number of H-pyrrole nitrogens is 1. The summed E-state index contributed by atoms with van der Waals surface area (Å²) < 4.78 is 23.4. The van der Waals surface area contributed by atoms with E-state index in [0.717, 1.165) is 23.7 Å². The number of aromatic amines is 1. The summed E-state index contributed by atoms with van der Waals surface area (Å²) in [4.78, 5) is 12.4. The van der Waals surface area contributed by atoms with E-state index in [1.54, 1.807) is 0 Å². The first-order valence-electron chi connectivity index (χ1n) is 7.38. The first kappa shape index (κ1) is 15.0. The number of carbonyl (C=O) groups excluding carboxylic acids is 1. The van der Waals surface area contributed by atoms with Crippen molar-refractivity contribution in [2.45, 2.75) is 37.0 Å². The smallest absolute Gasteiger partial charge is 0.272 e. The van der Waals surface area contributed by atoms with E-state index < -0.39 is 9.84 Å². The Bertz CT molecular complexity index is 797. The van der Waals surface area contributed by atoms with Crippen LogP contribution < -0.4 is 5.32 Å². The van der Waals surface area contributed by atoms with E-state index in [1.165, 1.54) is 6.26 Å². The lowest BCUT2D eigenvalue weighted by Gasteiger charge is -2.28. The highest BCUT2D eigenvalue weighted by atomic mass is 32.2. The Labute approximate surface area is 129 Å². The van der Waals surface area contributed by atoms with Crippen molar-refractivity contribution >= 4 is 26.6 Å². The Morgan fingerprint density at radius 3 is 2.86 bits per heavy atom. The van der Waals surface area contributed by atoms with Gasteiger partial charge in [-0.25, -0.2) is 8.42 Å². The van der Waals surface area contributed by atoms with Gasteiger partial charge in [-0.05, 0) is 25.3 Å². The topological polar surface area (TPSA) is 91.9 Å². The molecule has 0 aliphatic heterocycles. The van der Waals surface area contributed by atoms with E-state index in [4.69, 9.17) is 0 Å². The number of aromatic nitrogens is 2. The van der Waals surface area contributed by atoms with Crippen molar-refractivity contribution in [2.24, 2.45) is 0 Å². The van der Waals surface area contributed by atoms with Crippen LogP contribution in [0, 0.1) is 0 Å². The van der Waals surface area contributed by atoms with Crippen LogP contribution in [0.4, 0.5) is 0 Å². The van der Waals surface area contributed by atoms with Crippen LogP contribution in [-0.4, -0.2) is 42.1 Å². The third-order valence-electron chi connectivity index (χ3n) is 4.25. The molecule has 0 unspecified atom stereocenters. The molecule has 3 rings (SSSR count). The largest absolute Gasteiger partial charge is 0.348 e. The molecule has 1 fully saturated rings. The third kappa shape index (κ3) is 2.99. The van der Waals surface area contributed by atoms with Crippen LogP contribution in [0.25, 0.3) is 10.9 Å². The number of sulfone groups is 1. The van der Waals surface area contributed by atoms with Gasteiger partial charge in [-0.3, -0.25) is 9.89 Å². The van der Waals surface area contributed by atoms with E-state index in [0.29, 0.717) is 18.5 Å². The molecule has 22 heavy (non-hydrogen) atoms. The van der Waals surface area contributed by atoms with Crippen molar-refractivity contribution in [2.75, 3.05) is 6.26 Å². The summed E-state index contributed by atoms with van der Waals surface area (Å²) in [5, 5.41) is 10.3. The molecule has 1 heterocycles. The average Bonchev–Trinajstić information content (AvgIpc) is 2.90. The van der Waals surface area contributed by atoms with E-state index in [1.807, 2.05) is 24.3 Å². The quantitative estimate of drug-likeness (QED) is 0.899. The summed E-state index contributed by atoms with van der Waals surface area (Å²) in [5.41, 5.74) is 1.17. The molecule has 118 valence electrons. The van der Waals surface area contributed by atoms with Crippen LogP contribution in [0.2, 0.25) is 0 Å². The van der Waals surface area contributed by atoms with Gasteiger partial charge in [0, 0.05) is 17.7 Å². The molecule has 0 saturated heterocycles. The predicted octanol–water partition coefficient (Wildman–Crippen LogP) is 1.65. The number of hydrogen-bond donors (Lipinski definition) is 2. The average molecular weight is 321 g/mol. The maximum absolute atomic E-state index is 12.4. The summed E-state index contributed by atoms with van der Waals surface area (Å²) in [6.07, 6.45) is 4.04. The van der Waals surface area contributed by atoms with Crippen LogP contribution in [-0.2, 0) is 9.84 Å². The molecule has 1 aromatic heterocycles. The number of carbonyl (C=O) groups is 1. The third-order valence-corrected chi connectivity index (χ3v) is 5.89. The van der Waals surface area contributed by atoms with Gasteiger partial charge >= 0.3 is 0 Å². The van der Waals surface area contributed by atoms with Gasteiger partial charge in [-0.1, -0.05) is 24.6 Å². The molecular formula is C15H19N3O3S. The van der Waals surface area contributed by atoms with Crippen LogP contribution in [0.5, 0.6) is 0 Å². The highest BCUT2D eigenvalue weighted by molar-refractivity contribution is 7.91. The highest BCUT2D eigenvalue weighted by Gasteiger charge is 2.30. The zero-order valence-corrected chi connectivity index (χ0v) is 13.2. The minimum Gasteiger partial charge on any atom is -0.348 e. The number of benzene rings is 1. The fourth-order valence-electron chi connectivity index (χ4n) is 3.06. The summed E-state index contributed by atoms with van der Waals surface area (Å²) in [5.74, 6) is -0.253. The van der Waals surface area contributed by atoms with Crippen LogP contribution in [0.3, 0.4) is 0 Å². The molecule has 1 amide bonds. The van der Waals surface area contributed by atoms with Crippen molar-refractivity contribution in [1.82, 2.24) is 15.5 Å². The molecular weight excluding hydrogens is 302 g/mol. The van der Waals surface area contributed by atoms with Gasteiger partial charge in [-0.15, -0.1) is 0 Å². The summed E-state index contributed by atoms with van der Waals surface area (Å²) in [7, 11) is -3.06. The maximum Gasteiger partial charge on any atom is 0.272 e. The Kier molecular flexibility index (Phi) is 3.90. The van der Waals surface area contributed by atoms with Crippen molar-refractivity contribution in [3.63, 3.8) is 0 Å². The number of nitrogens with zero attached hydrogens (tertiary/aromatic N) is 1. The maximum atomic E-state index is 12.4. The van der Waals surface area contributed by atoms with E-state index in [2.05, 4.69) is 15.5 Å². The zero-order valence-electron chi connectivity index (χ0n) is 12.4. The van der Waals surface area contributed by atoms with Crippen LogP contribution in [0.15, 0.2) is 24.3 Å². The minimum atomic E-state index is -3.06. The number of fused-ring (bicyclic) bond motifs is 1. The lowest BCUT2D eigenvalue weighted by atomic mass is 9.95. The first-order valence-corrected chi connectivity index (χ1v) is 9.33. The molecule has 7 heteroatoms. The van der Waals surface area contributed by atoms with Gasteiger partial charge in [0.05, 0.1) is 10.8 Å². The molecule has 2 aromatic rings. The van der Waals surface area contributed by atoms with Crippen molar-refractivity contribution in [3.05, 3.63) is 30.0 Å². The molecule has 6 nitrogen and oxygen atoms in total. The molecule has 1 aliphatic rings. The van der Waals surface area contributed by atoms with Crippen molar-refractivity contribution in [1.29, 1.82) is 0 Å². The van der Waals surface area contributed by atoms with Gasteiger partial charge in [0.15, 0.2) is 5.69 Å². The van der Waals surface area contributed by atoms with E-state index in [-0.39, 0.29) is 17.2 Å². The Hall–Kier alpha value is -1.89. The Morgan fingerprint density at radius 2 is 2.09 bits per heavy atom. The lowest BCUT2D eigenvalue weighted by molar-refractivity contribution is 0.0924. The molecule has 1 aliphatic carbocycles. The Balaban J connectivity index is 1.74. The molecule has 1 saturated carbocycles. The summed E-state index contributed by atoms with van der Waals surface area (Å²) >= 11 is 0. The number of rotatable bonds is 3. The number of hydrogen-bond acceptors (Lipinski definition) is 4. The molecule has 2 atom stereocenters. The monoisotopic (exact) mass is 321 g/mol. The summed E-state index contributed by atoms with van der Waals surface area (Å²) in [6.45, 7) is 0. The van der Waals surface area contributed by atoms with Crippen LogP contribution >= 0.6 is 0 Å². The van der Waals surface area contributed by atoms with Crippen molar-refractivity contribution < 1.29 is 13.2 Å². The lowest BCUT2D eigenvalue weighted by Crippen LogP contribution is -2.41. The molecule has 0 radical (unpaired) electrons. The van der Waals surface area contributed by atoms with Gasteiger partial charge < -0.3 is 5.32 Å². The fourth-order valence-corrected chi connectivity index (χ4v) is 4.23. The second-order valence-corrected chi connectivity index (χ2v) is 8.23. The van der Waals surface area contributed by atoms with E-state index >= 15 is 0 Å². The SMILES string of the molecule is CS(=O)(=O)[C@@H]1CCC[C@H](NC(=O)c2n[nH]c3ccccc23)C1. The molecule has 1 aromatic carbocycles. The van der Waals surface area contributed by atoms with Gasteiger partial charge in [0.2, 0.25) is 0 Å². The second kappa shape index (κ2) is 5.72. The first-order chi connectivity index (χ1) is 10.4. The highest BCUT2D eigenvalue weighted by Crippen LogP contribution is 2.24. The van der Waals surface area contributed by atoms with Gasteiger partial charge in [0.1, 0.15) is 9.84 Å². The molecule has 0 bridgehead atoms. The minimum absolute atomic E-state index is 0.114. The fraction of sp³-hybridized carbons (Fsp3) is 0.467. The van der Waals surface area contributed by atoms with Crippen molar-refractivity contribution in [3.8, 4) is 0 Å². The van der Waals surface area contributed by atoms with Crippen LogP contribution in [0.1, 0.15) is 36.2 Å². The molecule has 2 N–H and O–H groups in total. The van der Waals surface area contributed by atoms with Gasteiger partial charge in [-0.2, -0.15) is 5.10 Å². The number of nitrogens with one attached hydrogen (secondary N) is 2.